The van der Waals surface area contributed by atoms with E-state index in [9.17, 15) is 14.4 Å². The van der Waals surface area contributed by atoms with E-state index < -0.39 is 17.9 Å². The molecule has 8 nitrogen and oxygen atoms in total. The van der Waals surface area contributed by atoms with Gasteiger partial charge in [-0.1, -0.05) is 43.3 Å². The summed E-state index contributed by atoms with van der Waals surface area (Å²) in [5.41, 5.74) is 6.04. The molecule has 0 saturated heterocycles. The first-order chi connectivity index (χ1) is 13.5. The molecule has 0 radical (unpaired) electrons. The third-order valence-electron chi connectivity index (χ3n) is 4.99. The van der Waals surface area contributed by atoms with Gasteiger partial charge in [0.05, 0.1) is 6.20 Å². The summed E-state index contributed by atoms with van der Waals surface area (Å²) in [6.45, 7) is 0. The second-order valence-electron chi connectivity index (χ2n) is 7.08. The average Bonchev–Trinajstić information content (AvgIpc) is 3.23. The fourth-order valence-corrected chi connectivity index (χ4v) is 3.53. The van der Waals surface area contributed by atoms with Gasteiger partial charge in [0, 0.05) is 17.3 Å². The average molecular weight is 384 g/mol. The molecule has 0 aliphatic heterocycles. The number of primary amides is 1. The predicted octanol–water partition coefficient (Wildman–Crippen LogP) is 2.48. The van der Waals surface area contributed by atoms with Gasteiger partial charge in [-0.25, -0.2) is 0 Å². The highest BCUT2D eigenvalue weighted by Crippen LogP contribution is 2.27. The molecule has 4 N–H and O–H groups in total. The third kappa shape index (κ3) is 5.18. The molecule has 1 aromatic heterocycles. The number of rotatable bonds is 7. The highest BCUT2D eigenvalue weighted by Gasteiger charge is 2.27. The van der Waals surface area contributed by atoms with Gasteiger partial charge < -0.3 is 20.9 Å². The molecular weight excluding hydrogens is 360 g/mol. The number of nitrogens with zero attached hydrogens (tertiary/aromatic N) is 1. The Hall–Kier alpha value is -3.16. The SMILES string of the molecule is NC(=O)c1cccc(NC(=O)[C@H](CC2CCCCC2)NC(=O)c2ccno2)c1. The Morgan fingerprint density at radius 3 is 2.64 bits per heavy atom. The minimum atomic E-state index is -0.724. The van der Waals surface area contributed by atoms with Crippen LogP contribution < -0.4 is 16.4 Å². The van der Waals surface area contributed by atoms with Crippen LogP contribution in [-0.2, 0) is 4.79 Å². The van der Waals surface area contributed by atoms with Crippen molar-refractivity contribution in [3.8, 4) is 0 Å². The lowest BCUT2D eigenvalue weighted by Crippen LogP contribution is -2.45. The number of hydrogen-bond donors (Lipinski definition) is 3. The van der Waals surface area contributed by atoms with Crippen molar-refractivity contribution in [3.05, 3.63) is 47.9 Å². The Morgan fingerprint density at radius 2 is 1.96 bits per heavy atom. The van der Waals surface area contributed by atoms with Crippen LogP contribution in [-0.4, -0.2) is 28.9 Å². The third-order valence-corrected chi connectivity index (χ3v) is 4.99. The fourth-order valence-electron chi connectivity index (χ4n) is 3.53. The largest absolute Gasteiger partial charge is 0.366 e. The van der Waals surface area contributed by atoms with Crippen molar-refractivity contribution < 1.29 is 18.9 Å². The molecule has 0 bridgehead atoms. The lowest BCUT2D eigenvalue weighted by Gasteiger charge is -2.26. The van der Waals surface area contributed by atoms with E-state index >= 15 is 0 Å². The Kier molecular flexibility index (Phi) is 6.41. The topological polar surface area (TPSA) is 127 Å². The summed E-state index contributed by atoms with van der Waals surface area (Å²) < 4.78 is 4.88. The van der Waals surface area contributed by atoms with Crippen molar-refractivity contribution in [2.24, 2.45) is 11.7 Å². The predicted molar refractivity (Wildman–Crippen MR) is 103 cm³/mol. The maximum Gasteiger partial charge on any atom is 0.290 e. The van der Waals surface area contributed by atoms with Gasteiger partial charge in [0.15, 0.2) is 0 Å². The summed E-state index contributed by atoms with van der Waals surface area (Å²) in [5, 5.41) is 9.04. The van der Waals surface area contributed by atoms with E-state index in [2.05, 4.69) is 15.8 Å². The van der Waals surface area contributed by atoms with Crippen LogP contribution in [0, 0.1) is 5.92 Å². The maximum atomic E-state index is 12.9. The van der Waals surface area contributed by atoms with Gasteiger partial charge in [-0.15, -0.1) is 0 Å². The van der Waals surface area contributed by atoms with Crippen molar-refractivity contribution in [2.45, 2.75) is 44.6 Å². The Morgan fingerprint density at radius 1 is 1.18 bits per heavy atom. The number of nitrogens with one attached hydrogen (secondary N) is 2. The molecule has 1 aliphatic rings. The molecule has 3 rings (SSSR count). The molecule has 2 aromatic rings. The fraction of sp³-hybridized carbons (Fsp3) is 0.400. The van der Waals surface area contributed by atoms with Gasteiger partial charge in [-0.2, -0.15) is 0 Å². The molecule has 28 heavy (non-hydrogen) atoms. The number of amides is 3. The van der Waals surface area contributed by atoms with E-state index in [4.69, 9.17) is 10.3 Å². The van der Waals surface area contributed by atoms with E-state index in [1.165, 1.54) is 24.8 Å². The monoisotopic (exact) mass is 384 g/mol. The Balaban J connectivity index is 1.72. The molecule has 1 aromatic carbocycles. The number of hydrogen-bond acceptors (Lipinski definition) is 5. The van der Waals surface area contributed by atoms with Crippen molar-refractivity contribution in [2.75, 3.05) is 5.32 Å². The molecule has 1 aliphatic carbocycles. The van der Waals surface area contributed by atoms with E-state index in [1.807, 2.05) is 0 Å². The van der Waals surface area contributed by atoms with Crippen molar-refractivity contribution in [3.63, 3.8) is 0 Å². The van der Waals surface area contributed by atoms with Gasteiger partial charge >= 0.3 is 0 Å². The molecule has 8 heteroatoms. The summed E-state index contributed by atoms with van der Waals surface area (Å²) >= 11 is 0. The normalized spacial score (nSPS) is 15.6. The molecule has 1 atom stereocenters. The van der Waals surface area contributed by atoms with Crippen LogP contribution in [0.3, 0.4) is 0 Å². The van der Waals surface area contributed by atoms with E-state index in [1.54, 1.807) is 18.2 Å². The highest BCUT2D eigenvalue weighted by molar-refractivity contribution is 6.01. The lowest BCUT2D eigenvalue weighted by atomic mass is 9.84. The molecular formula is C20H24N4O4. The maximum absolute atomic E-state index is 12.9. The summed E-state index contributed by atoms with van der Waals surface area (Å²) in [7, 11) is 0. The van der Waals surface area contributed by atoms with Crippen molar-refractivity contribution >= 4 is 23.4 Å². The molecule has 1 saturated carbocycles. The minimum Gasteiger partial charge on any atom is -0.366 e. The zero-order valence-electron chi connectivity index (χ0n) is 15.5. The van der Waals surface area contributed by atoms with E-state index in [0.29, 0.717) is 23.6 Å². The van der Waals surface area contributed by atoms with E-state index in [-0.39, 0.29) is 11.7 Å². The van der Waals surface area contributed by atoms with Gasteiger partial charge in [0.1, 0.15) is 6.04 Å². The second-order valence-corrected chi connectivity index (χ2v) is 7.08. The van der Waals surface area contributed by atoms with Crippen LogP contribution in [0.25, 0.3) is 0 Å². The first kappa shape index (κ1) is 19.6. The van der Waals surface area contributed by atoms with E-state index in [0.717, 1.165) is 25.7 Å². The van der Waals surface area contributed by atoms with Gasteiger partial charge in [0.25, 0.3) is 5.91 Å². The van der Waals surface area contributed by atoms with Crippen molar-refractivity contribution in [1.82, 2.24) is 10.5 Å². The van der Waals surface area contributed by atoms with Crippen LogP contribution >= 0.6 is 0 Å². The molecule has 148 valence electrons. The van der Waals surface area contributed by atoms with Crippen LogP contribution in [0.2, 0.25) is 0 Å². The number of aromatic nitrogens is 1. The standard InChI is InChI=1S/C20H24N4O4/c21-18(25)14-7-4-8-15(12-14)23-19(26)16(11-13-5-2-1-3-6-13)24-20(27)17-9-10-22-28-17/h4,7-10,12-13,16H,1-3,5-6,11H2,(H2,21,25)(H,23,26)(H,24,27)/t16-/m0/s1. The van der Waals surface area contributed by atoms with Gasteiger partial charge in [0.2, 0.25) is 17.6 Å². The van der Waals surface area contributed by atoms with Crippen LogP contribution in [0.4, 0.5) is 5.69 Å². The summed E-state index contributed by atoms with van der Waals surface area (Å²) in [4.78, 5) is 36.6. The number of nitrogens with two attached hydrogens (primary N) is 1. The van der Waals surface area contributed by atoms with Crippen molar-refractivity contribution in [1.29, 1.82) is 0 Å². The number of benzene rings is 1. The highest BCUT2D eigenvalue weighted by atomic mass is 16.5. The molecule has 1 fully saturated rings. The second kappa shape index (κ2) is 9.16. The van der Waals surface area contributed by atoms with Crippen LogP contribution in [0.15, 0.2) is 41.1 Å². The zero-order chi connectivity index (χ0) is 19.9. The molecule has 1 heterocycles. The summed E-state index contributed by atoms with van der Waals surface area (Å²) in [6, 6.07) is 7.11. The quantitative estimate of drug-likeness (QED) is 0.676. The smallest absolute Gasteiger partial charge is 0.290 e. The summed E-state index contributed by atoms with van der Waals surface area (Å²) in [5.74, 6) is -0.985. The number of anilines is 1. The first-order valence-corrected chi connectivity index (χ1v) is 9.45. The zero-order valence-corrected chi connectivity index (χ0v) is 15.5. The molecule has 0 unspecified atom stereocenters. The number of carbonyl (C=O) groups is 3. The molecule has 3 amide bonds. The number of carbonyl (C=O) groups excluding carboxylic acids is 3. The van der Waals surface area contributed by atoms with Crippen LogP contribution in [0.1, 0.15) is 59.4 Å². The van der Waals surface area contributed by atoms with Gasteiger partial charge in [-0.05, 0) is 30.5 Å². The minimum absolute atomic E-state index is 0.0529. The Bertz CT molecular complexity index is 828. The lowest BCUT2D eigenvalue weighted by molar-refractivity contribution is -0.118. The van der Waals surface area contributed by atoms with Crippen LogP contribution in [0.5, 0.6) is 0 Å². The first-order valence-electron chi connectivity index (χ1n) is 9.45. The van der Waals surface area contributed by atoms with Gasteiger partial charge in [-0.3, -0.25) is 14.4 Å². The summed E-state index contributed by atoms with van der Waals surface area (Å²) in [6.07, 6.45) is 7.48. The Labute approximate surface area is 162 Å². The molecule has 0 spiro atoms.